The minimum atomic E-state index is -0.257. The molecule has 11 rings (SSSR count). The Labute approximate surface area is 385 Å². The molecule has 2 aromatic heterocycles. The van der Waals surface area contributed by atoms with E-state index in [4.69, 9.17) is 4.98 Å². The van der Waals surface area contributed by atoms with Crippen LogP contribution in [0.3, 0.4) is 0 Å². The van der Waals surface area contributed by atoms with Crippen molar-refractivity contribution in [3.8, 4) is 5.69 Å². The van der Waals surface area contributed by atoms with Crippen molar-refractivity contribution in [1.82, 2.24) is 9.55 Å². The van der Waals surface area contributed by atoms with E-state index in [0.29, 0.717) is 0 Å². The monoisotopic (exact) mass is 994 g/mol. The summed E-state index contributed by atoms with van der Waals surface area (Å²) in [5.41, 5.74) is 17.5. The third-order valence-corrected chi connectivity index (χ3v) is 12.5. The van der Waals surface area contributed by atoms with Crippen LogP contribution >= 0.6 is 0 Å². The first-order chi connectivity index (χ1) is 30.4. The average Bonchev–Trinajstić information content (AvgIpc) is 3.94. The van der Waals surface area contributed by atoms with Crippen molar-refractivity contribution in [1.29, 1.82) is 0 Å². The Bertz CT molecular complexity index is 3120. The number of aromatic nitrogens is 3. The second kappa shape index (κ2) is 16.1. The average molecular weight is 995 g/mol. The molecule has 0 bridgehead atoms. The van der Waals surface area contributed by atoms with Gasteiger partial charge in [0.25, 0.3) is 0 Å². The Morgan fingerprint density at radius 1 is 0.476 bits per heavy atom. The Kier molecular flexibility index (Phi) is 10.3. The van der Waals surface area contributed by atoms with Crippen LogP contribution in [-0.2, 0) is 28.1 Å². The third-order valence-electron chi connectivity index (χ3n) is 12.5. The van der Waals surface area contributed by atoms with E-state index in [1.807, 2.05) is 23.9 Å². The first-order valence-corrected chi connectivity index (χ1v) is 21.2. The molecule has 0 saturated heterocycles. The molecule has 0 radical (unpaired) electrons. The first-order valence-electron chi connectivity index (χ1n) is 21.2. The number of nitrogens with zero attached hydrogens (tertiary/aromatic N) is 7. The maximum atomic E-state index is 5.14. The van der Waals surface area contributed by atoms with Crippen LogP contribution in [0.2, 0.25) is 0 Å². The van der Waals surface area contributed by atoms with Gasteiger partial charge in [-0.3, -0.25) is 0 Å². The summed E-state index contributed by atoms with van der Waals surface area (Å²) in [5, 5.41) is 0. The van der Waals surface area contributed by atoms with Gasteiger partial charge in [0.15, 0.2) is 0 Å². The number of rotatable bonds is 7. The van der Waals surface area contributed by atoms with Crippen LogP contribution in [0.5, 0.6) is 0 Å². The minimum Gasteiger partial charge on any atom is -0.415 e. The normalized spacial score (nSPS) is 13.2. The van der Waals surface area contributed by atoms with Gasteiger partial charge in [0.1, 0.15) is 5.82 Å². The largest absolute Gasteiger partial charge is 0.420 e. The van der Waals surface area contributed by atoms with E-state index < -0.39 is 0 Å². The van der Waals surface area contributed by atoms with Crippen LogP contribution in [0.25, 0.3) is 16.7 Å². The van der Waals surface area contributed by atoms with E-state index >= 15 is 0 Å². The Hall–Kier alpha value is -6.82. The number of aryl methyl sites for hydroxylation is 5. The smallest absolute Gasteiger partial charge is 0.415 e. The van der Waals surface area contributed by atoms with Gasteiger partial charge in [-0.05, 0) is 75.0 Å². The number of anilines is 8. The number of para-hydroxylation sites is 4. The zero-order valence-electron chi connectivity index (χ0n) is 35.8. The van der Waals surface area contributed by atoms with E-state index in [-0.39, 0.29) is 35.0 Å². The quantitative estimate of drug-likeness (QED) is 0.0904. The van der Waals surface area contributed by atoms with Crippen molar-refractivity contribution in [2.45, 2.75) is 27.7 Å². The summed E-state index contributed by atoms with van der Waals surface area (Å²) in [6.07, 6.45) is 5.45. The number of fused-ring (bicyclic) bond motifs is 3. The number of hydrogen-bond acceptors (Lipinski definition) is 5. The summed E-state index contributed by atoms with van der Waals surface area (Å²) in [7, 11) is 2.04. The Morgan fingerprint density at radius 2 is 1.02 bits per heavy atom. The van der Waals surface area contributed by atoms with Crippen molar-refractivity contribution in [2.75, 3.05) is 19.2 Å². The molecule has 7 nitrogen and oxygen atoms in total. The molecule has 63 heavy (non-hydrogen) atoms. The number of benzene rings is 7. The fraction of sp³-hybridized carbons (Fsp3) is 0.0943. The maximum absolute atomic E-state index is 5.14. The summed E-state index contributed by atoms with van der Waals surface area (Å²) in [4.78, 5) is 14.9. The van der Waals surface area contributed by atoms with Crippen LogP contribution in [-0.4, -0.2) is 23.5 Å². The summed E-state index contributed by atoms with van der Waals surface area (Å²) >= 11 is 0. The molecule has 9 aromatic rings. The number of hydrogen-bond donors (Lipinski definition) is 0. The topological polar surface area (TPSA) is 34.7 Å². The number of imidazole rings is 1. The Balaban J connectivity index is 0.00000471. The number of pyridine rings is 1. The summed E-state index contributed by atoms with van der Waals surface area (Å²) in [5.74, 6) is 0.882. The predicted molar refractivity (Wildman–Crippen MR) is 256 cm³/mol. The van der Waals surface area contributed by atoms with Gasteiger partial charge in [0, 0.05) is 38.6 Å². The third kappa shape index (κ3) is 6.56. The molecule has 0 unspecified atom stereocenters. The molecule has 2 aliphatic rings. The molecule has 7 aromatic carbocycles. The first kappa shape index (κ1) is 40.3. The van der Waals surface area contributed by atoms with Gasteiger partial charge in [0.05, 0.1) is 23.8 Å². The molecule has 0 amide bonds. The van der Waals surface area contributed by atoms with E-state index in [9.17, 15) is 0 Å². The van der Waals surface area contributed by atoms with Crippen LogP contribution < -0.4 is 34.7 Å². The fourth-order valence-electron chi connectivity index (χ4n) is 9.79. The van der Waals surface area contributed by atoms with Crippen LogP contribution in [0.4, 0.5) is 45.6 Å². The molecule has 4 heterocycles. The van der Waals surface area contributed by atoms with Crippen molar-refractivity contribution in [2.24, 2.45) is 7.05 Å². The van der Waals surface area contributed by atoms with Gasteiger partial charge in [-0.25, -0.2) is 4.98 Å². The predicted octanol–water partition coefficient (Wildman–Crippen LogP) is 9.85. The molecule has 2 aliphatic heterocycles. The van der Waals surface area contributed by atoms with E-state index in [1.165, 1.54) is 33.2 Å². The molecular formula is C53H43B2N7Pt-2. The van der Waals surface area contributed by atoms with Crippen molar-refractivity contribution >= 4 is 81.6 Å². The molecule has 308 valence electrons. The van der Waals surface area contributed by atoms with Crippen molar-refractivity contribution in [3.05, 3.63) is 211 Å². The van der Waals surface area contributed by atoms with Gasteiger partial charge in [-0.2, -0.15) is 18.2 Å². The second-order valence-electron chi connectivity index (χ2n) is 16.3. The summed E-state index contributed by atoms with van der Waals surface area (Å²) in [6, 6.07) is 66.2. The zero-order chi connectivity index (χ0) is 42.1. The molecule has 0 atom stereocenters. The molecule has 0 fully saturated rings. The summed E-state index contributed by atoms with van der Waals surface area (Å²) in [6.45, 7) is 8.39. The second-order valence-corrected chi connectivity index (χ2v) is 16.3. The standard InChI is InChI=1S/C53H43B2N7.Pt/c1-37-18-14-19-38(2)51(37)54-59(41-22-8-6-9-23-41)48-32-31-45(35-50(48)61(54)44-27-16-26-43(34-44)58-36-57(5)46-28-12-13-29-47(46)58)62-53-49(30-17-33-56-53)60(42-24-10-7-11-25-42)55(62)52-39(3)20-15-21-40(52)4;/h6-33H,1-5H3;/q-2;. The molecular weight excluding hydrogens is 951 g/mol. The van der Waals surface area contributed by atoms with Crippen LogP contribution in [0, 0.1) is 46.2 Å². The van der Waals surface area contributed by atoms with Gasteiger partial charge in [-0.1, -0.05) is 148 Å². The molecule has 0 aliphatic carbocycles. The Morgan fingerprint density at radius 3 is 1.67 bits per heavy atom. The van der Waals surface area contributed by atoms with E-state index in [2.05, 4.69) is 228 Å². The van der Waals surface area contributed by atoms with Crippen LogP contribution in [0.15, 0.2) is 170 Å². The zero-order valence-corrected chi connectivity index (χ0v) is 38.0. The van der Waals surface area contributed by atoms with Crippen molar-refractivity contribution < 1.29 is 25.6 Å². The SMILES string of the molecule is Cc1cccc(C)c1B1N(c2[c-]c(-n3[c-][n+](C)c4ccccc43)ccc2)c2[c-]c(N3B(c4c(C)cccc4C)N(c4ccccc4)c4cccnc43)ccc2N1c1ccccc1.[Pt]. The van der Waals surface area contributed by atoms with Gasteiger partial charge in [0.2, 0.25) is 6.33 Å². The molecule has 10 heteroatoms. The fourth-order valence-corrected chi connectivity index (χ4v) is 9.79. The summed E-state index contributed by atoms with van der Waals surface area (Å²) < 4.78 is 4.16. The molecule has 0 saturated carbocycles. The minimum absolute atomic E-state index is 0. The van der Waals surface area contributed by atoms with Crippen molar-refractivity contribution in [3.63, 3.8) is 0 Å². The van der Waals surface area contributed by atoms with Gasteiger partial charge >= 0.3 is 14.0 Å². The molecule has 0 spiro atoms. The van der Waals surface area contributed by atoms with E-state index in [1.54, 1.807) is 0 Å². The van der Waals surface area contributed by atoms with Crippen LogP contribution in [0.1, 0.15) is 22.3 Å². The van der Waals surface area contributed by atoms with Gasteiger partial charge in [-0.15, -0.1) is 24.3 Å². The van der Waals surface area contributed by atoms with E-state index in [0.717, 1.165) is 62.4 Å². The maximum Gasteiger partial charge on any atom is 0.420 e. The van der Waals surface area contributed by atoms with Gasteiger partial charge < -0.3 is 28.4 Å². The molecule has 0 N–H and O–H groups in total.